The topological polar surface area (TPSA) is 87.7 Å². The standard InChI is InChI=1S/C25H19ClFN3O4/c26-19-12-16(10-11-22(19)34-15-23(31)28-18-7-2-1-3-8-18)13-21-24(32)30(25(33)29-21)14-17-6-4-5-9-20(17)27/h1-13H,14-15H2,(H,28,31)(H,29,33)/b21-13+. The summed E-state index contributed by atoms with van der Waals surface area (Å²) in [7, 11) is 0. The molecule has 0 bridgehead atoms. The van der Waals surface area contributed by atoms with Crippen molar-refractivity contribution < 1.29 is 23.5 Å². The van der Waals surface area contributed by atoms with E-state index in [1.54, 1.807) is 42.5 Å². The molecule has 2 N–H and O–H groups in total. The van der Waals surface area contributed by atoms with E-state index in [4.69, 9.17) is 16.3 Å². The molecule has 0 unspecified atom stereocenters. The van der Waals surface area contributed by atoms with Gasteiger partial charge in [-0.2, -0.15) is 0 Å². The normalized spacial score (nSPS) is 14.3. The van der Waals surface area contributed by atoms with Gasteiger partial charge in [0.25, 0.3) is 11.8 Å². The van der Waals surface area contributed by atoms with Crippen LogP contribution in [0.2, 0.25) is 5.02 Å². The van der Waals surface area contributed by atoms with Gasteiger partial charge in [-0.15, -0.1) is 0 Å². The van der Waals surface area contributed by atoms with Crippen LogP contribution >= 0.6 is 11.6 Å². The molecule has 4 amide bonds. The smallest absolute Gasteiger partial charge is 0.329 e. The molecule has 0 aliphatic carbocycles. The van der Waals surface area contributed by atoms with Crippen LogP contribution in [0.25, 0.3) is 6.08 Å². The molecule has 7 nitrogen and oxygen atoms in total. The number of carbonyl (C=O) groups is 3. The molecule has 1 fully saturated rings. The van der Waals surface area contributed by atoms with E-state index in [9.17, 15) is 18.8 Å². The third-order valence-corrected chi connectivity index (χ3v) is 5.23. The lowest BCUT2D eigenvalue weighted by atomic mass is 10.1. The highest BCUT2D eigenvalue weighted by Crippen LogP contribution is 2.27. The third kappa shape index (κ3) is 5.41. The highest BCUT2D eigenvalue weighted by molar-refractivity contribution is 6.32. The van der Waals surface area contributed by atoms with E-state index in [0.717, 1.165) is 4.90 Å². The summed E-state index contributed by atoms with van der Waals surface area (Å²) in [6.07, 6.45) is 1.46. The Kier molecular flexibility index (Phi) is 6.89. The first-order valence-corrected chi connectivity index (χ1v) is 10.6. The fourth-order valence-corrected chi connectivity index (χ4v) is 3.51. The van der Waals surface area contributed by atoms with Crippen molar-refractivity contribution in [3.8, 4) is 5.75 Å². The molecular formula is C25H19ClFN3O4. The Labute approximate surface area is 199 Å². The quantitative estimate of drug-likeness (QED) is 0.383. The summed E-state index contributed by atoms with van der Waals surface area (Å²) in [6, 6.07) is 19.0. The number of halogens is 2. The maximum atomic E-state index is 13.9. The molecule has 3 aromatic carbocycles. The van der Waals surface area contributed by atoms with Crippen molar-refractivity contribution in [2.24, 2.45) is 0 Å². The predicted molar refractivity (Wildman–Crippen MR) is 125 cm³/mol. The minimum Gasteiger partial charge on any atom is -0.482 e. The SMILES string of the molecule is O=C(COc1ccc(/C=C2/NC(=O)N(Cc3ccccc3F)C2=O)cc1Cl)Nc1ccccc1. The van der Waals surface area contributed by atoms with Gasteiger partial charge in [-0.05, 0) is 42.0 Å². The molecule has 0 radical (unpaired) electrons. The van der Waals surface area contributed by atoms with Crippen LogP contribution in [0.3, 0.4) is 0 Å². The molecule has 1 heterocycles. The molecule has 172 valence electrons. The zero-order valence-corrected chi connectivity index (χ0v) is 18.5. The number of ether oxygens (including phenoxy) is 1. The van der Waals surface area contributed by atoms with Gasteiger partial charge in [0.1, 0.15) is 17.3 Å². The van der Waals surface area contributed by atoms with Gasteiger partial charge in [-0.3, -0.25) is 14.5 Å². The highest BCUT2D eigenvalue weighted by atomic mass is 35.5. The average Bonchev–Trinajstić information content (AvgIpc) is 3.08. The Bertz CT molecular complexity index is 1280. The number of imide groups is 1. The van der Waals surface area contributed by atoms with Gasteiger partial charge >= 0.3 is 6.03 Å². The first-order chi connectivity index (χ1) is 16.4. The monoisotopic (exact) mass is 479 g/mol. The summed E-state index contributed by atoms with van der Waals surface area (Å²) in [4.78, 5) is 37.9. The molecule has 4 rings (SSSR count). The zero-order valence-electron chi connectivity index (χ0n) is 17.8. The number of rotatable bonds is 7. The molecule has 0 spiro atoms. The lowest BCUT2D eigenvalue weighted by Gasteiger charge is -2.12. The Morgan fingerprint density at radius 3 is 2.53 bits per heavy atom. The molecule has 1 aliphatic heterocycles. The number of nitrogens with one attached hydrogen (secondary N) is 2. The Hall–Kier alpha value is -4.17. The van der Waals surface area contributed by atoms with Crippen molar-refractivity contribution in [2.45, 2.75) is 6.54 Å². The fraction of sp³-hybridized carbons (Fsp3) is 0.0800. The van der Waals surface area contributed by atoms with Crippen LogP contribution < -0.4 is 15.4 Å². The number of para-hydroxylation sites is 1. The van der Waals surface area contributed by atoms with E-state index < -0.39 is 17.8 Å². The van der Waals surface area contributed by atoms with Crippen molar-refractivity contribution >= 4 is 41.2 Å². The second-order valence-electron chi connectivity index (χ2n) is 7.36. The van der Waals surface area contributed by atoms with Gasteiger partial charge in [-0.25, -0.2) is 9.18 Å². The van der Waals surface area contributed by atoms with Gasteiger partial charge in [-0.1, -0.05) is 54.1 Å². The van der Waals surface area contributed by atoms with Crippen molar-refractivity contribution in [3.63, 3.8) is 0 Å². The van der Waals surface area contributed by atoms with E-state index in [2.05, 4.69) is 10.6 Å². The maximum absolute atomic E-state index is 13.9. The summed E-state index contributed by atoms with van der Waals surface area (Å²) >= 11 is 6.27. The number of benzene rings is 3. The molecule has 0 atom stereocenters. The lowest BCUT2D eigenvalue weighted by Crippen LogP contribution is -2.30. The van der Waals surface area contributed by atoms with Crippen LogP contribution in [0.5, 0.6) is 5.75 Å². The molecule has 0 saturated carbocycles. The van der Waals surface area contributed by atoms with Gasteiger partial charge in [0.05, 0.1) is 11.6 Å². The fourth-order valence-electron chi connectivity index (χ4n) is 3.26. The second kappa shape index (κ2) is 10.2. The molecule has 1 aliphatic rings. The lowest BCUT2D eigenvalue weighted by molar-refractivity contribution is -0.123. The van der Waals surface area contributed by atoms with E-state index in [1.807, 2.05) is 6.07 Å². The molecule has 34 heavy (non-hydrogen) atoms. The summed E-state index contributed by atoms with van der Waals surface area (Å²) in [5, 5.41) is 5.41. The van der Waals surface area contributed by atoms with Crippen LogP contribution in [0.4, 0.5) is 14.9 Å². The summed E-state index contributed by atoms with van der Waals surface area (Å²) < 4.78 is 19.4. The second-order valence-corrected chi connectivity index (χ2v) is 7.77. The number of nitrogens with zero attached hydrogens (tertiary/aromatic N) is 1. The van der Waals surface area contributed by atoms with Crippen molar-refractivity contribution in [2.75, 3.05) is 11.9 Å². The molecule has 9 heteroatoms. The van der Waals surface area contributed by atoms with E-state index in [-0.39, 0.29) is 41.1 Å². The molecule has 0 aromatic heterocycles. The number of amides is 4. The first kappa shape index (κ1) is 23.0. The summed E-state index contributed by atoms with van der Waals surface area (Å²) in [5.74, 6) is -1.14. The number of carbonyl (C=O) groups excluding carboxylic acids is 3. The number of anilines is 1. The van der Waals surface area contributed by atoms with Crippen LogP contribution in [-0.4, -0.2) is 29.4 Å². The number of hydrogen-bond donors (Lipinski definition) is 2. The summed E-state index contributed by atoms with van der Waals surface area (Å²) in [5.41, 5.74) is 1.44. The Balaban J connectivity index is 1.40. The first-order valence-electron chi connectivity index (χ1n) is 10.3. The Morgan fingerprint density at radius 2 is 1.79 bits per heavy atom. The van der Waals surface area contributed by atoms with Gasteiger partial charge in [0.2, 0.25) is 0 Å². The highest BCUT2D eigenvalue weighted by Gasteiger charge is 2.34. The molecular weight excluding hydrogens is 461 g/mol. The summed E-state index contributed by atoms with van der Waals surface area (Å²) in [6.45, 7) is -0.429. The van der Waals surface area contributed by atoms with Crippen LogP contribution in [0, 0.1) is 5.82 Å². The van der Waals surface area contributed by atoms with E-state index in [1.165, 1.54) is 30.3 Å². The number of hydrogen-bond acceptors (Lipinski definition) is 4. The van der Waals surface area contributed by atoms with Crippen molar-refractivity contribution in [1.82, 2.24) is 10.2 Å². The van der Waals surface area contributed by atoms with Gasteiger partial charge in [0, 0.05) is 11.3 Å². The van der Waals surface area contributed by atoms with Crippen molar-refractivity contribution in [1.29, 1.82) is 0 Å². The minimum absolute atomic E-state index is 0.0355. The van der Waals surface area contributed by atoms with Crippen LogP contribution in [0.1, 0.15) is 11.1 Å². The van der Waals surface area contributed by atoms with Gasteiger partial charge in [0.15, 0.2) is 6.61 Å². The van der Waals surface area contributed by atoms with E-state index in [0.29, 0.717) is 11.3 Å². The molecule has 1 saturated heterocycles. The van der Waals surface area contributed by atoms with Crippen LogP contribution in [-0.2, 0) is 16.1 Å². The largest absolute Gasteiger partial charge is 0.482 e. The maximum Gasteiger partial charge on any atom is 0.329 e. The minimum atomic E-state index is -0.644. The third-order valence-electron chi connectivity index (χ3n) is 4.93. The van der Waals surface area contributed by atoms with Crippen LogP contribution in [0.15, 0.2) is 78.5 Å². The molecule has 3 aromatic rings. The van der Waals surface area contributed by atoms with E-state index >= 15 is 0 Å². The van der Waals surface area contributed by atoms with Gasteiger partial charge < -0.3 is 15.4 Å². The van der Waals surface area contributed by atoms with Crippen molar-refractivity contribution in [3.05, 3.63) is 100 Å². The average molecular weight is 480 g/mol. The Morgan fingerprint density at radius 1 is 1.06 bits per heavy atom. The number of urea groups is 1. The zero-order chi connectivity index (χ0) is 24.1. The predicted octanol–water partition coefficient (Wildman–Crippen LogP) is 4.59.